The Morgan fingerprint density at radius 1 is 1.33 bits per heavy atom. The summed E-state index contributed by atoms with van der Waals surface area (Å²) in [4.78, 5) is 10.9. The number of anilines is 1. The largest absolute Gasteiger partial charge is 0.481 e. The van der Waals surface area contributed by atoms with E-state index in [1.54, 1.807) is 0 Å². The number of halogens is 3. The molecule has 4 nitrogen and oxygen atoms in total. The highest BCUT2D eigenvalue weighted by molar-refractivity contribution is 6.39. The monoisotopic (exact) mass is 335 g/mol. The van der Waals surface area contributed by atoms with Crippen LogP contribution in [0.3, 0.4) is 0 Å². The van der Waals surface area contributed by atoms with Crippen molar-refractivity contribution >= 4 is 34.9 Å². The van der Waals surface area contributed by atoms with Crippen LogP contribution in [0, 0.1) is 11.7 Å². The summed E-state index contributed by atoms with van der Waals surface area (Å²) in [6, 6.07) is 2.28. The third-order valence-electron chi connectivity index (χ3n) is 3.87. The van der Waals surface area contributed by atoms with Gasteiger partial charge in [0.2, 0.25) is 0 Å². The molecule has 0 bridgehead atoms. The molecule has 2 rings (SSSR count). The fourth-order valence-electron chi connectivity index (χ4n) is 2.54. The molecule has 1 aromatic rings. The van der Waals surface area contributed by atoms with E-state index in [2.05, 4.69) is 5.32 Å². The zero-order valence-electron chi connectivity index (χ0n) is 11.2. The number of nitrogens with one attached hydrogen (secondary N) is 1. The third-order valence-corrected chi connectivity index (χ3v) is 4.46. The van der Waals surface area contributed by atoms with Gasteiger partial charge >= 0.3 is 5.97 Å². The molecule has 0 aliphatic heterocycles. The lowest BCUT2D eigenvalue weighted by Gasteiger charge is -2.35. The van der Waals surface area contributed by atoms with Crippen LogP contribution in [0.5, 0.6) is 0 Å². The average molecular weight is 336 g/mol. The maximum atomic E-state index is 13.1. The number of hydrogen-bond donors (Lipinski definition) is 3. The number of carboxylic acids is 1. The first kappa shape index (κ1) is 16.3. The van der Waals surface area contributed by atoms with E-state index in [0.717, 1.165) is 12.1 Å². The van der Waals surface area contributed by atoms with E-state index in [1.807, 2.05) is 0 Å². The van der Waals surface area contributed by atoms with Crippen molar-refractivity contribution in [3.05, 3.63) is 28.0 Å². The molecule has 7 heteroatoms. The fourth-order valence-corrected chi connectivity index (χ4v) is 3.14. The summed E-state index contributed by atoms with van der Waals surface area (Å²) in [5.74, 6) is -1.76. The molecule has 1 aliphatic carbocycles. The number of rotatable bonds is 4. The summed E-state index contributed by atoms with van der Waals surface area (Å²) in [6.45, 7) is 0.185. The second kappa shape index (κ2) is 6.38. The lowest BCUT2D eigenvalue weighted by atomic mass is 9.79. The van der Waals surface area contributed by atoms with E-state index < -0.39 is 23.3 Å². The molecular weight excluding hydrogens is 320 g/mol. The van der Waals surface area contributed by atoms with Gasteiger partial charge in [-0.3, -0.25) is 4.79 Å². The molecule has 1 fully saturated rings. The molecule has 0 radical (unpaired) electrons. The predicted molar refractivity (Wildman–Crippen MR) is 79.5 cm³/mol. The van der Waals surface area contributed by atoms with E-state index >= 15 is 0 Å². The highest BCUT2D eigenvalue weighted by atomic mass is 35.5. The molecule has 3 N–H and O–H groups in total. The molecule has 1 aliphatic rings. The van der Waals surface area contributed by atoms with Gasteiger partial charge in [-0.15, -0.1) is 0 Å². The van der Waals surface area contributed by atoms with Gasteiger partial charge in [0.05, 0.1) is 27.3 Å². The van der Waals surface area contributed by atoms with Crippen LogP contribution in [0.2, 0.25) is 10.0 Å². The Morgan fingerprint density at radius 2 is 1.86 bits per heavy atom. The van der Waals surface area contributed by atoms with Gasteiger partial charge in [0.15, 0.2) is 0 Å². The van der Waals surface area contributed by atoms with Crippen LogP contribution in [0.4, 0.5) is 10.1 Å². The molecule has 1 saturated carbocycles. The first-order valence-electron chi connectivity index (χ1n) is 6.64. The van der Waals surface area contributed by atoms with Crippen molar-refractivity contribution in [3.8, 4) is 0 Å². The Kier molecular flexibility index (Phi) is 4.96. The van der Waals surface area contributed by atoms with E-state index in [-0.39, 0.29) is 16.6 Å². The minimum atomic E-state index is -1.01. The Balaban J connectivity index is 1.99. The normalized spacial score (nSPS) is 25.6. The van der Waals surface area contributed by atoms with Crippen molar-refractivity contribution < 1.29 is 19.4 Å². The molecular formula is C14H16Cl2FNO3. The summed E-state index contributed by atoms with van der Waals surface area (Å²) >= 11 is 11.8. The quantitative estimate of drug-likeness (QED) is 0.786. The number of aliphatic hydroxyl groups is 1. The summed E-state index contributed by atoms with van der Waals surface area (Å²) in [5, 5.41) is 22.6. The molecule has 0 aromatic heterocycles. The van der Waals surface area contributed by atoms with Gasteiger partial charge in [-0.05, 0) is 37.8 Å². The number of aliphatic carboxylic acids is 1. The summed E-state index contributed by atoms with van der Waals surface area (Å²) in [5.41, 5.74) is -0.638. The second-order valence-corrected chi connectivity index (χ2v) is 6.25. The van der Waals surface area contributed by atoms with Crippen LogP contribution in [0.25, 0.3) is 0 Å². The molecule has 0 amide bonds. The summed E-state index contributed by atoms with van der Waals surface area (Å²) < 4.78 is 13.1. The fraction of sp³-hybridized carbons (Fsp3) is 0.500. The van der Waals surface area contributed by atoms with Gasteiger partial charge < -0.3 is 15.5 Å². The predicted octanol–water partition coefficient (Wildman–Crippen LogP) is 3.55. The van der Waals surface area contributed by atoms with Gasteiger partial charge in [-0.25, -0.2) is 4.39 Å². The molecule has 0 saturated heterocycles. The number of carbonyl (C=O) groups is 1. The standard InChI is InChI=1S/C14H16Cl2FNO3/c15-10-5-9(17)6-11(16)12(10)18-7-14(21)3-1-8(2-4-14)13(19)20/h5-6,8,18,21H,1-4,7H2,(H,19,20). The summed E-state index contributed by atoms with van der Waals surface area (Å²) in [6.07, 6.45) is 1.62. The molecule has 1 aromatic carbocycles. The zero-order valence-corrected chi connectivity index (χ0v) is 12.7. The van der Waals surface area contributed by atoms with Crippen molar-refractivity contribution in [2.24, 2.45) is 5.92 Å². The molecule has 0 atom stereocenters. The molecule has 0 spiro atoms. The van der Waals surface area contributed by atoms with Gasteiger partial charge in [0.25, 0.3) is 0 Å². The van der Waals surface area contributed by atoms with Crippen molar-refractivity contribution in [2.45, 2.75) is 31.3 Å². The Hall–Kier alpha value is -1.04. The lowest BCUT2D eigenvalue weighted by Crippen LogP contribution is -2.41. The van der Waals surface area contributed by atoms with Crippen LogP contribution >= 0.6 is 23.2 Å². The van der Waals surface area contributed by atoms with Gasteiger partial charge in [0, 0.05) is 6.54 Å². The van der Waals surface area contributed by atoms with Gasteiger partial charge in [0.1, 0.15) is 5.82 Å². The molecule has 0 unspecified atom stereocenters. The minimum absolute atomic E-state index is 0.142. The number of benzene rings is 1. The zero-order chi connectivity index (χ0) is 15.6. The van der Waals surface area contributed by atoms with Gasteiger partial charge in [-0.2, -0.15) is 0 Å². The highest BCUT2D eigenvalue weighted by Crippen LogP contribution is 2.35. The summed E-state index contributed by atoms with van der Waals surface area (Å²) in [7, 11) is 0. The number of carboxylic acid groups (broad SMARTS) is 1. The maximum absolute atomic E-state index is 13.1. The Bertz CT molecular complexity index is 522. The maximum Gasteiger partial charge on any atom is 0.306 e. The van der Waals surface area contributed by atoms with Gasteiger partial charge in [-0.1, -0.05) is 23.2 Å². The lowest BCUT2D eigenvalue weighted by molar-refractivity contribution is -0.144. The Labute approximate surface area is 131 Å². The van der Waals surface area contributed by atoms with Crippen LogP contribution in [0.15, 0.2) is 12.1 Å². The first-order valence-corrected chi connectivity index (χ1v) is 7.40. The van der Waals surface area contributed by atoms with Crippen LogP contribution in [-0.4, -0.2) is 28.3 Å². The highest BCUT2D eigenvalue weighted by Gasteiger charge is 2.35. The average Bonchev–Trinajstić information content (AvgIpc) is 2.37. The topological polar surface area (TPSA) is 69.6 Å². The molecule has 116 valence electrons. The van der Waals surface area contributed by atoms with Crippen molar-refractivity contribution in [2.75, 3.05) is 11.9 Å². The third kappa shape index (κ3) is 3.99. The SMILES string of the molecule is O=C(O)C1CCC(O)(CNc2c(Cl)cc(F)cc2Cl)CC1. The van der Waals surface area contributed by atoms with E-state index in [9.17, 15) is 14.3 Å². The number of hydrogen-bond acceptors (Lipinski definition) is 3. The first-order chi connectivity index (χ1) is 9.81. The molecule has 21 heavy (non-hydrogen) atoms. The minimum Gasteiger partial charge on any atom is -0.481 e. The van der Waals surface area contributed by atoms with E-state index in [0.29, 0.717) is 31.4 Å². The van der Waals surface area contributed by atoms with E-state index in [1.165, 1.54) is 0 Å². The van der Waals surface area contributed by atoms with Crippen molar-refractivity contribution in [1.82, 2.24) is 0 Å². The van der Waals surface area contributed by atoms with Crippen LogP contribution < -0.4 is 5.32 Å². The van der Waals surface area contributed by atoms with Crippen molar-refractivity contribution in [3.63, 3.8) is 0 Å². The van der Waals surface area contributed by atoms with E-state index in [4.69, 9.17) is 28.3 Å². The van der Waals surface area contributed by atoms with Crippen LogP contribution in [0.1, 0.15) is 25.7 Å². The van der Waals surface area contributed by atoms with Crippen LogP contribution in [-0.2, 0) is 4.79 Å². The second-order valence-electron chi connectivity index (χ2n) is 5.43. The smallest absolute Gasteiger partial charge is 0.306 e. The van der Waals surface area contributed by atoms with Crippen molar-refractivity contribution in [1.29, 1.82) is 0 Å². The Morgan fingerprint density at radius 3 is 2.33 bits per heavy atom. The molecule has 0 heterocycles.